The van der Waals surface area contributed by atoms with E-state index in [9.17, 15) is 4.79 Å². The highest BCUT2D eigenvalue weighted by Crippen LogP contribution is 2.30. The number of aryl methyl sites for hydroxylation is 1. The molecule has 0 aliphatic heterocycles. The van der Waals surface area contributed by atoms with Crippen molar-refractivity contribution < 1.29 is 0 Å². The molecule has 0 unspecified atom stereocenters. The van der Waals surface area contributed by atoms with E-state index in [1.54, 1.807) is 11.8 Å². The molecular weight excluding hydrogens is 410 g/mol. The molecule has 0 saturated heterocycles. The van der Waals surface area contributed by atoms with Crippen molar-refractivity contribution in [1.82, 2.24) is 9.66 Å². The van der Waals surface area contributed by atoms with Gasteiger partial charge in [-0.25, -0.2) is 9.66 Å². The van der Waals surface area contributed by atoms with Gasteiger partial charge < -0.3 is 0 Å². The van der Waals surface area contributed by atoms with Crippen LogP contribution >= 0.6 is 39.3 Å². The first-order valence-electron chi connectivity index (χ1n) is 7.36. The van der Waals surface area contributed by atoms with E-state index in [1.807, 2.05) is 37.3 Å². The van der Waals surface area contributed by atoms with Crippen LogP contribution in [0.5, 0.6) is 0 Å². The zero-order valence-corrected chi connectivity index (χ0v) is 16.3. The van der Waals surface area contributed by atoms with E-state index in [-0.39, 0.29) is 5.56 Å². The first-order valence-corrected chi connectivity index (χ1v) is 9.52. The number of halogens is 2. The molecule has 7 heteroatoms. The number of aromatic nitrogens is 2. The summed E-state index contributed by atoms with van der Waals surface area (Å²) in [4.78, 5) is 18.2. The summed E-state index contributed by atoms with van der Waals surface area (Å²) in [7, 11) is 0. The average molecular weight is 425 g/mol. The van der Waals surface area contributed by atoms with Crippen LogP contribution < -0.4 is 11.0 Å². The van der Waals surface area contributed by atoms with Crippen molar-refractivity contribution in [2.75, 3.05) is 11.2 Å². The minimum absolute atomic E-state index is 0.156. The third-order valence-corrected chi connectivity index (χ3v) is 5.24. The second-order valence-electron chi connectivity index (χ2n) is 5.25. The first kappa shape index (κ1) is 17.3. The van der Waals surface area contributed by atoms with Gasteiger partial charge in [-0.15, -0.1) is 11.8 Å². The summed E-state index contributed by atoms with van der Waals surface area (Å²) in [5.41, 5.74) is 5.39. The van der Waals surface area contributed by atoms with E-state index in [0.717, 1.165) is 26.4 Å². The lowest BCUT2D eigenvalue weighted by molar-refractivity contribution is 0.874. The lowest BCUT2D eigenvalue weighted by atomic mass is 10.2. The fraction of sp³-hybridized carbons (Fsp3) is 0.176. The summed E-state index contributed by atoms with van der Waals surface area (Å²) in [5, 5.41) is 1.17. The van der Waals surface area contributed by atoms with Crippen LogP contribution in [0.2, 0.25) is 5.02 Å². The van der Waals surface area contributed by atoms with Crippen LogP contribution in [0.4, 0.5) is 5.69 Å². The molecule has 0 saturated carbocycles. The number of hydrogen-bond acceptors (Lipinski definition) is 4. The van der Waals surface area contributed by atoms with E-state index in [2.05, 4.69) is 33.3 Å². The molecule has 3 rings (SSSR count). The lowest BCUT2D eigenvalue weighted by Gasteiger charge is -2.14. The Morgan fingerprint density at radius 2 is 2.12 bits per heavy atom. The van der Waals surface area contributed by atoms with Crippen LogP contribution in [0, 0.1) is 6.92 Å². The van der Waals surface area contributed by atoms with Crippen molar-refractivity contribution in [2.45, 2.75) is 18.7 Å². The van der Waals surface area contributed by atoms with Crippen molar-refractivity contribution in [3.8, 4) is 0 Å². The van der Waals surface area contributed by atoms with Crippen molar-refractivity contribution in [3.63, 3.8) is 0 Å². The Bertz CT molecular complexity index is 974. The maximum Gasteiger partial charge on any atom is 0.280 e. The quantitative estimate of drug-likeness (QED) is 0.591. The molecule has 3 aromatic rings. The predicted molar refractivity (Wildman–Crippen MR) is 105 cm³/mol. The number of fused-ring (bicyclic) bond motifs is 1. The number of rotatable bonds is 4. The Kier molecular flexibility index (Phi) is 5.18. The summed E-state index contributed by atoms with van der Waals surface area (Å²) in [6, 6.07) is 9.38. The van der Waals surface area contributed by atoms with E-state index >= 15 is 0 Å². The minimum atomic E-state index is -0.156. The van der Waals surface area contributed by atoms with Gasteiger partial charge in [0.25, 0.3) is 5.56 Å². The number of benzene rings is 2. The summed E-state index contributed by atoms with van der Waals surface area (Å²) < 4.78 is 2.20. The summed E-state index contributed by atoms with van der Waals surface area (Å²) >= 11 is 11.2. The molecule has 4 nitrogen and oxygen atoms in total. The van der Waals surface area contributed by atoms with Gasteiger partial charge >= 0.3 is 0 Å². The van der Waals surface area contributed by atoms with Crippen LogP contribution in [0.3, 0.4) is 0 Å². The monoisotopic (exact) mass is 423 g/mol. The molecule has 0 fully saturated rings. The van der Waals surface area contributed by atoms with Crippen LogP contribution in [0.25, 0.3) is 10.9 Å². The van der Waals surface area contributed by atoms with Crippen molar-refractivity contribution >= 4 is 55.9 Å². The zero-order chi connectivity index (χ0) is 17.3. The van der Waals surface area contributed by atoms with E-state index in [4.69, 9.17) is 11.6 Å². The molecule has 1 N–H and O–H groups in total. The van der Waals surface area contributed by atoms with Crippen molar-refractivity contribution in [3.05, 3.63) is 62.1 Å². The fourth-order valence-electron chi connectivity index (χ4n) is 2.41. The van der Waals surface area contributed by atoms with E-state index < -0.39 is 0 Å². The normalized spacial score (nSPS) is 11.0. The van der Waals surface area contributed by atoms with Gasteiger partial charge in [0.15, 0.2) is 0 Å². The van der Waals surface area contributed by atoms with E-state index in [1.165, 1.54) is 11.0 Å². The molecule has 0 aliphatic carbocycles. The van der Waals surface area contributed by atoms with Crippen LogP contribution in [-0.2, 0) is 0 Å². The Morgan fingerprint density at radius 1 is 1.33 bits per heavy atom. The molecule has 124 valence electrons. The fourth-order valence-corrected chi connectivity index (χ4v) is 3.99. The molecule has 24 heavy (non-hydrogen) atoms. The Labute approximate surface area is 157 Å². The van der Waals surface area contributed by atoms with Crippen molar-refractivity contribution in [2.24, 2.45) is 0 Å². The zero-order valence-electron chi connectivity index (χ0n) is 13.1. The molecule has 1 heterocycles. The number of hydrogen-bond donors (Lipinski definition) is 1. The van der Waals surface area contributed by atoms with Crippen LogP contribution in [0.1, 0.15) is 12.5 Å². The van der Waals surface area contributed by atoms with Gasteiger partial charge in [-0.2, -0.15) is 0 Å². The Balaban J connectivity index is 2.10. The third-order valence-electron chi connectivity index (χ3n) is 3.44. The number of anilines is 1. The minimum Gasteiger partial charge on any atom is -0.289 e. The molecular formula is C17H15BrClN3OS. The standard InChI is InChI=1S/C17H15BrClN3OS/c1-3-24-15-5-4-11(19)8-14(15)21-22-9-20-16-12(17(22)23)6-10(2)7-13(16)18/h4-9,21H,3H2,1-2H3. The predicted octanol–water partition coefficient (Wildman–Crippen LogP) is 5.11. The molecule has 0 radical (unpaired) electrons. The second kappa shape index (κ2) is 7.17. The average Bonchev–Trinajstić information content (AvgIpc) is 2.53. The highest BCUT2D eigenvalue weighted by molar-refractivity contribution is 9.10. The number of thioether (sulfide) groups is 1. The first-order chi connectivity index (χ1) is 11.5. The van der Waals surface area contributed by atoms with E-state index in [0.29, 0.717) is 15.9 Å². The van der Waals surface area contributed by atoms with Gasteiger partial charge in [0.05, 0.1) is 16.6 Å². The summed E-state index contributed by atoms with van der Waals surface area (Å²) in [6.07, 6.45) is 1.49. The second-order valence-corrected chi connectivity index (χ2v) is 7.84. The topological polar surface area (TPSA) is 46.9 Å². The maximum atomic E-state index is 12.8. The number of nitrogens with one attached hydrogen (secondary N) is 1. The Morgan fingerprint density at radius 3 is 2.88 bits per heavy atom. The van der Waals surface area contributed by atoms with Crippen molar-refractivity contribution in [1.29, 1.82) is 0 Å². The van der Waals surface area contributed by atoms with Gasteiger partial charge in [0.2, 0.25) is 0 Å². The molecule has 0 aliphatic rings. The van der Waals surface area contributed by atoms with Gasteiger partial charge in [-0.05, 0) is 64.5 Å². The summed E-state index contributed by atoms with van der Waals surface area (Å²) in [5.74, 6) is 0.924. The number of nitrogens with zero attached hydrogens (tertiary/aromatic N) is 2. The molecule has 1 aromatic heterocycles. The third kappa shape index (κ3) is 3.45. The SMILES string of the molecule is CCSc1ccc(Cl)cc1Nn1cnc2c(Br)cc(C)cc2c1=O. The smallest absolute Gasteiger partial charge is 0.280 e. The van der Waals surface area contributed by atoms with Gasteiger partial charge in [-0.1, -0.05) is 18.5 Å². The highest BCUT2D eigenvalue weighted by Gasteiger charge is 2.10. The maximum absolute atomic E-state index is 12.8. The molecule has 0 bridgehead atoms. The lowest BCUT2D eigenvalue weighted by Crippen LogP contribution is -2.27. The van der Waals surface area contributed by atoms with Gasteiger partial charge in [0, 0.05) is 14.4 Å². The molecule has 0 amide bonds. The Hall–Kier alpha value is -1.50. The highest BCUT2D eigenvalue weighted by atomic mass is 79.9. The van der Waals surface area contributed by atoms with Crippen LogP contribution in [0.15, 0.2) is 50.8 Å². The molecule has 2 aromatic carbocycles. The van der Waals surface area contributed by atoms with Crippen LogP contribution in [-0.4, -0.2) is 15.4 Å². The molecule has 0 atom stereocenters. The summed E-state index contributed by atoms with van der Waals surface area (Å²) in [6.45, 7) is 4.02. The van der Waals surface area contributed by atoms with Gasteiger partial charge in [0.1, 0.15) is 6.33 Å². The largest absolute Gasteiger partial charge is 0.289 e. The molecule has 0 spiro atoms. The van der Waals surface area contributed by atoms with Gasteiger partial charge in [-0.3, -0.25) is 10.2 Å².